The molecule has 0 radical (unpaired) electrons. The minimum atomic E-state index is 0.333. The van der Waals surface area contributed by atoms with Gasteiger partial charge in [-0.25, -0.2) is 9.97 Å². The Bertz CT molecular complexity index is 837. The van der Waals surface area contributed by atoms with Crippen molar-refractivity contribution >= 4 is 29.1 Å². The molecule has 0 amide bonds. The van der Waals surface area contributed by atoms with Gasteiger partial charge in [-0.15, -0.1) is 0 Å². The number of nitrogens with zero attached hydrogens (tertiary/aromatic N) is 3. The molecule has 1 aromatic carbocycles. The Morgan fingerprint density at radius 3 is 2.75 bits per heavy atom. The Balaban J connectivity index is 1.92. The van der Waals surface area contributed by atoms with E-state index in [4.69, 9.17) is 4.74 Å². The van der Waals surface area contributed by atoms with E-state index in [0.29, 0.717) is 19.5 Å². The molecule has 0 fully saturated rings. The lowest BCUT2D eigenvalue weighted by atomic mass is 10.0. The van der Waals surface area contributed by atoms with E-state index in [1.165, 1.54) is 17.3 Å². The maximum absolute atomic E-state index is 10.3. The average molecular weight is 339 g/mol. The summed E-state index contributed by atoms with van der Waals surface area (Å²) in [4.78, 5) is 23.6. The Hall–Kier alpha value is -2.47. The van der Waals surface area contributed by atoms with Crippen molar-refractivity contribution in [1.29, 1.82) is 0 Å². The van der Waals surface area contributed by atoms with Gasteiger partial charge in [-0.3, -0.25) is 9.78 Å². The van der Waals surface area contributed by atoms with Gasteiger partial charge in [-0.2, -0.15) is 0 Å². The van der Waals surface area contributed by atoms with Crippen LogP contribution in [0.15, 0.2) is 47.9 Å². The third-order valence-electron chi connectivity index (χ3n) is 3.66. The van der Waals surface area contributed by atoms with Crippen LogP contribution in [0.1, 0.15) is 16.8 Å². The predicted octanol–water partition coefficient (Wildman–Crippen LogP) is 3.05. The van der Waals surface area contributed by atoms with Gasteiger partial charge < -0.3 is 4.74 Å². The highest BCUT2D eigenvalue weighted by atomic mass is 32.2. The first kappa shape index (κ1) is 16.4. The number of para-hydroxylation sites is 1. The van der Waals surface area contributed by atoms with Crippen molar-refractivity contribution in [2.45, 2.75) is 18.0 Å². The van der Waals surface area contributed by atoms with Gasteiger partial charge in [0.15, 0.2) is 5.16 Å². The maximum Gasteiger partial charge on any atom is 0.293 e. The van der Waals surface area contributed by atoms with E-state index < -0.39 is 0 Å². The molecule has 24 heavy (non-hydrogen) atoms. The molecule has 0 aliphatic heterocycles. The number of hydrogen-bond acceptors (Lipinski definition) is 6. The van der Waals surface area contributed by atoms with Crippen LogP contribution < -0.4 is 0 Å². The molecule has 122 valence electrons. The molecule has 2 heterocycles. The number of carbonyl (C=O) groups is 1. The van der Waals surface area contributed by atoms with Crippen LogP contribution in [0.2, 0.25) is 0 Å². The number of thioether (sulfide) groups is 1. The van der Waals surface area contributed by atoms with Gasteiger partial charge >= 0.3 is 0 Å². The first-order valence-corrected chi connectivity index (χ1v) is 8.80. The summed E-state index contributed by atoms with van der Waals surface area (Å²) in [5.74, 6) is 0. The largest absolute Gasteiger partial charge is 0.467 e. The summed E-state index contributed by atoms with van der Waals surface area (Å²) in [7, 11) is 0. The Labute approximate surface area is 144 Å². The molecule has 0 bridgehead atoms. The van der Waals surface area contributed by atoms with Gasteiger partial charge in [0.25, 0.3) is 6.47 Å². The number of ether oxygens (including phenoxy) is 1. The number of fused-ring (bicyclic) bond motifs is 1. The lowest BCUT2D eigenvalue weighted by molar-refractivity contribution is -0.128. The number of benzene rings is 1. The zero-order valence-corrected chi connectivity index (χ0v) is 14.1. The number of aromatic nitrogens is 3. The third-order valence-corrected chi connectivity index (χ3v) is 4.23. The molecule has 0 atom stereocenters. The number of rotatable bonds is 7. The summed E-state index contributed by atoms with van der Waals surface area (Å²) in [5.41, 5.74) is 4.08. The molecular formula is C18H17N3O2S. The monoisotopic (exact) mass is 339 g/mol. The van der Waals surface area contributed by atoms with Crippen LogP contribution in [-0.2, 0) is 22.4 Å². The molecule has 0 saturated carbocycles. The number of carbonyl (C=O) groups excluding carboxylic acids is 1. The molecule has 0 saturated heterocycles. The molecular weight excluding hydrogens is 322 g/mol. The zero-order valence-electron chi connectivity index (χ0n) is 13.3. The molecule has 0 spiro atoms. The second kappa shape index (κ2) is 7.88. The second-order valence-electron chi connectivity index (χ2n) is 5.26. The van der Waals surface area contributed by atoms with E-state index in [-0.39, 0.29) is 0 Å². The van der Waals surface area contributed by atoms with Gasteiger partial charge in [0, 0.05) is 36.3 Å². The van der Waals surface area contributed by atoms with Gasteiger partial charge in [0.1, 0.15) is 0 Å². The SMILES string of the molecule is CSc1ncc(Cc2cc(CCOC=O)nc3ccccc23)cn1. The van der Waals surface area contributed by atoms with E-state index in [2.05, 4.69) is 27.1 Å². The van der Waals surface area contributed by atoms with Crippen molar-refractivity contribution in [1.82, 2.24) is 15.0 Å². The maximum atomic E-state index is 10.3. The molecule has 0 aliphatic rings. The highest BCUT2D eigenvalue weighted by Gasteiger charge is 2.08. The van der Waals surface area contributed by atoms with Crippen molar-refractivity contribution in [2.24, 2.45) is 0 Å². The highest BCUT2D eigenvalue weighted by molar-refractivity contribution is 7.98. The first-order valence-electron chi connectivity index (χ1n) is 7.58. The lowest BCUT2D eigenvalue weighted by Gasteiger charge is -2.10. The Morgan fingerprint density at radius 1 is 1.21 bits per heavy atom. The second-order valence-corrected chi connectivity index (χ2v) is 6.04. The van der Waals surface area contributed by atoms with E-state index in [0.717, 1.165) is 33.7 Å². The molecule has 0 aliphatic carbocycles. The smallest absolute Gasteiger partial charge is 0.293 e. The van der Waals surface area contributed by atoms with E-state index in [9.17, 15) is 4.79 Å². The van der Waals surface area contributed by atoms with E-state index >= 15 is 0 Å². The zero-order chi connectivity index (χ0) is 16.8. The van der Waals surface area contributed by atoms with E-state index in [1.54, 1.807) is 0 Å². The molecule has 3 rings (SSSR count). The van der Waals surface area contributed by atoms with Gasteiger partial charge in [-0.1, -0.05) is 30.0 Å². The highest BCUT2D eigenvalue weighted by Crippen LogP contribution is 2.21. The van der Waals surface area contributed by atoms with Crippen LogP contribution in [-0.4, -0.2) is 34.3 Å². The summed E-state index contributed by atoms with van der Waals surface area (Å²) < 4.78 is 4.79. The van der Waals surface area contributed by atoms with Crippen molar-refractivity contribution in [2.75, 3.05) is 12.9 Å². The van der Waals surface area contributed by atoms with E-state index in [1.807, 2.05) is 36.8 Å². The molecule has 2 aromatic heterocycles. The van der Waals surface area contributed by atoms with Crippen LogP contribution >= 0.6 is 11.8 Å². The summed E-state index contributed by atoms with van der Waals surface area (Å²) in [6.07, 6.45) is 7.02. The fourth-order valence-electron chi connectivity index (χ4n) is 2.55. The van der Waals surface area contributed by atoms with Crippen LogP contribution in [0.5, 0.6) is 0 Å². The van der Waals surface area contributed by atoms with Crippen molar-refractivity contribution in [3.63, 3.8) is 0 Å². The Morgan fingerprint density at radius 2 is 2.00 bits per heavy atom. The normalized spacial score (nSPS) is 10.7. The minimum Gasteiger partial charge on any atom is -0.467 e. The molecule has 5 nitrogen and oxygen atoms in total. The number of pyridine rings is 1. The summed E-state index contributed by atoms with van der Waals surface area (Å²) in [5, 5.41) is 1.89. The van der Waals surface area contributed by atoms with Crippen molar-refractivity contribution in [3.8, 4) is 0 Å². The summed E-state index contributed by atoms with van der Waals surface area (Å²) in [6.45, 7) is 0.798. The Kier molecular flexibility index (Phi) is 5.38. The van der Waals surface area contributed by atoms with Crippen LogP contribution in [0, 0.1) is 0 Å². The predicted molar refractivity (Wildman–Crippen MR) is 94.1 cm³/mol. The lowest BCUT2D eigenvalue weighted by Crippen LogP contribution is -2.02. The van der Waals surface area contributed by atoms with Crippen LogP contribution in [0.4, 0.5) is 0 Å². The molecule has 3 aromatic rings. The molecule has 6 heteroatoms. The molecule has 0 N–H and O–H groups in total. The fraction of sp³-hybridized carbons (Fsp3) is 0.222. The van der Waals surface area contributed by atoms with Crippen LogP contribution in [0.3, 0.4) is 0 Å². The van der Waals surface area contributed by atoms with Gasteiger partial charge in [-0.05, 0) is 29.5 Å². The summed E-state index contributed by atoms with van der Waals surface area (Å²) >= 11 is 1.53. The molecule has 0 unspecified atom stereocenters. The van der Waals surface area contributed by atoms with Crippen LogP contribution in [0.25, 0.3) is 10.9 Å². The topological polar surface area (TPSA) is 65.0 Å². The minimum absolute atomic E-state index is 0.333. The van der Waals surface area contributed by atoms with Gasteiger partial charge in [0.05, 0.1) is 12.1 Å². The quantitative estimate of drug-likeness (QED) is 0.285. The number of hydrogen-bond donors (Lipinski definition) is 0. The van der Waals surface area contributed by atoms with Crippen molar-refractivity contribution in [3.05, 3.63) is 59.5 Å². The van der Waals surface area contributed by atoms with Gasteiger partial charge in [0.2, 0.25) is 0 Å². The first-order chi connectivity index (χ1) is 11.8. The average Bonchev–Trinajstić information content (AvgIpc) is 2.63. The summed E-state index contributed by atoms with van der Waals surface area (Å²) in [6, 6.07) is 10.1. The fourth-order valence-corrected chi connectivity index (χ4v) is 2.87. The third kappa shape index (κ3) is 3.89. The van der Waals surface area contributed by atoms with Crippen molar-refractivity contribution < 1.29 is 9.53 Å². The standard InChI is InChI=1S/C18H17N3O2S/c1-24-18-19-10-13(11-20-18)8-14-9-15(6-7-23-12-22)21-17-5-3-2-4-16(14)17/h2-5,9-12H,6-8H2,1H3.